The number of carbonyl (C=O) groups is 1. The van der Waals surface area contributed by atoms with E-state index in [4.69, 9.17) is 23.8 Å². The first-order chi connectivity index (χ1) is 26.1. The monoisotopic (exact) mass is 708 g/mol. The average Bonchev–Trinajstić information content (AvgIpc) is 3.72. The lowest BCUT2D eigenvalue weighted by molar-refractivity contribution is -0.191. The second-order valence-corrected chi connectivity index (χ2v) is 14.6. The SMILES string of the molecule is Cc1ccc2c(C3CCCCC3)c3n(c2c1)COc1ccccc1-3.O=C=O.O=COc1ccc2c(C3CCCCC3)c3n(c2c1)COc1ccccc1-3. The van der Waals surface area contributed by atoms with Crippen molar-refractivity contribution in [3.63, 3.8) is 0 Å². The van der Waals surface area contributed by atoms with Crippen LogP contribution in [0.5, 0.6) is 17.2 Å². The van der Waals surface area contributed by atoms with Gasteiger partial charge in [-0.3, -0.25) is 4.79 Å². The van der Waals surface area contributed by atoms with Crippen molar-refractivity contribution in [2.45, 2.75) is 96.4 Å². The molecule has 270 valence electrons. The van der Waals surface area contributed by atoms with E-state index in [-0.39, 0.29) is 6.15 Å². The number of nitrogens with zero attached hydrogens (tertiary/aromatic N) is 2. The van der Waals surface area contributed by atoms with E-state index in [9.17, 15) is 4.79 Å². The summed E-state index contributed by atoms with van der Waals surface area (Å²) in [6, 6.07) is 29.7. The van der Waals surface area contributed by atoms with Gasteiger partial charge in [-0.2, -0.15) is 9.59 Å². The van der Waals surface area contributed by atoms with Crippen molar-refractivity contribution in [1.29, 1.82) is 0 Å². The number of hydrogen-bond donors (Lipinski definition) is 0. The number of carbonyl (C=O) groups excluding carboxylic acids is 3. The lowest BCUT2D eigenvalue weighted by Crippen LogP contribution is -2.14. The molecular formula is C45H44N2O6. The van der Waals surface area contributed by atoms with E-state index >= 15 is 0 Å². The molecule has 4 aliphatic rings. The molecule has 2 aromatic heterocycles. The molecule has 0 saturated heterocycles. The number of para-hydroxylation sites is 2. The van der Waals surface area contributed by atoms with Crippen molar-refractivity contribution in [2.75, 3.05) is 0 Å². The summed E-state index contributed by atoms with van der Waals surface area (Å²) in [6.45, 7) is 3.77. The zero-order chi connectivity index (χ0) is 36.3. The molecule has 4 heterocycles. The van der Waals surface area contributed by atoms with Crippen LogP contribution in [-0.2, 0) is 27.8 Å². The topological polar surface area (TPSA) is 88.8 Å². The van der Waals surface area contributed by atoms with Gasteiger partial charge in [-0.25, -0.2) is 0 Å². The van der Waals surface area contributed by atoms with Gasteiger partial charge in [-0.1, -0.05) is 74.9 Å². The van der Waals surface area contributed by atoms with Gasteiger partial charge in [0.1, 0.15) is 17.2 Å². The fourth-order valence-corrected chi connectivity index (χ4v) is 9.27. The molecule has 0 radical (unpaired) electrons. The third-order valence-corrected chi connectivity index (χ3v) is 11.5. The van der Waals surface area contributed by atoms with Crippen LogP contribution < -0.4 is 14.2 Å². The Morgan fingerprint density at radius 1 is 0.642 bits per heavy atom. The molecule has 6 aromatic rings. The summed E-state index contributed by atoms with van der Waals surface area (Å²) < 4.78 is 21.8. The first kappa shape index (κ1) is 34.5. The Morgan fingerprint density at radius 3 is 1.62 bits per heavy atom. The van der Waals surface area contributed by atoms with Crippen LogP contribution in [0, 0.1) is 6.92 Å². The van der Waals surface area contributed by atoms with Crippen LogP contribution >= 0.6 is 0 Å². The van der Waals surface area contributed by atoms with Crippen LogP contribution in [0.4, 0.5) is 0 Å². The summed E-state index contributed by atoms with van der Waals surface area (Å²) in [5.41, 5.74) is 11.8. The highest BCUT2D eigenvalue weighted by atomic mass is 16.5. The molecule has 8 nitrogen and oxygen atoms in total. The Bertz CT molecular complexity index is 2320. The van der Waals surface area contributed by atoms with E-state index in [0.717, 1.165) is 22.6 Å². The number of aryl methyl sites for hydroxylation is 1. The van der Waals surface area contributed by atoms with Gasteiger partial charge in [-0.15, -0.1) is 0 Å². The third-order valence-electron chi connectivity index (χ3n) is 11.5. The predicted octanol–water partition coefficient (Wildman–Crippen LogP) is 10.7. The van der Waals surface area contributed by atoms with E-state index in [1.807, 2.05) is 24.3 Å². The van der Waals surface area contributed by atoms with Gasteiger partial charge in [0.2, 0.25) is 0 Å². The fourth-order valence-electron chi connectivity index (χ4n) is 9.27. The highest BCUT2D eigenvalue weighted by Gasteiger charge is 2.31. The van der Waals surface area contributed by atoms with Crippen LogP contribution in [0.25, 0.3) is 44.3 Å². The Morgan fingerprint density at radius 2 is 1.11 bits per heavy atom. The number of benzene rings is 4. The summed E-state index contributed by atoms with van der Waals surface area (Å²) in [5.74, 6) is 3.81. The molecule has 0 amide bonds. The van der Waals surface area contributed by atoms with Gasteiger partial charge in [0.15, 0.2) is 13.5 Å². The highest BCUT2D eigenvalue weighted by Crippen LogP contribution is 2.49. The first-order valence-electron chi connectivity index (χ1n) is 18.9. The second-order valence-electron chi connectivity index (χ2n) is 14.6. The molecule has 4 aromatic carbocycles. The maximum atomic E-state index is 10.8. The smallest absolute Gasteiger partial charge is 0.373 e. The molecule has 0 unspecified atom stereocenters. The maximum Gasteiger partial charge on any atom is 0.373 e. The Labute approximate surface area is 309 Å². The molecule has 0 spiro atoms. The fraction of sp³-hybridized carbons (Fsp3) is 0.333. The van der Waals surface area contributed by atoms with Crippen LogP contribution in [0.15, 0.2) is 84.9 Å². The lowest BCUT2D eigenvalue weighted by atomic mass is 9.81. The molecule has 2 aliphatic carbocycles. The largest absolute Gasteiger partial charge is 0.472 e. The molecule has 8 heteroatoms. The van der Waals surface area contributed by atoms with Crippen LogP contribution in [0.2, 0.25) is 0 Å². The number of fused-ring (bicyclic) bond motifs is 10. The zero-order valence-electron chi connectivity index (χ0n) is 30.1. The average molecular weight is 709 g/mol. The van der Waals surface area contributed by atoms with E-state index in [1.54, 1.807) is 5.56 Å². The molecule has 2 saturated carbocycles. The number of rotatable bonds is 4. The molecule has 0 atom stereocenters. The van der Waals surface area contributed by atoms with E-state index in [0.29, 0.717) is 37.5 Å². The molecule has 53 heavy (non-hydrogen) atoms. The summed E-state index contributed by atoms with van der Waals surface area (Å²) in [6.07, 6.45) is 13.4. The van der Waals surface area contributed by atoms with E-state index < -0.39 is 0 Å². The van der Waals surface area contributed by atoms with Crippen molar-refractivity contribution in [3.05, 3.63) is 102 Å². The van der Waals surface area contributed by atoms with Crippen LogP contribution in [0.3, 0.4) is 0 Å². The molecule has 0 bridgehead atoms. The van der Waals surface area contributed by atoms with Gasteiger partial charge < -0.3 is 23.3 Å². The molecular weight excluding hydrogens is 665 g/mol. The van der Waals surface area contributed by atoms with Gasteiger partial charge in [-0.05, 0) is 104 Å². The molecule has 10 rings (SSSR count). The number of aromatic nitrogens is 2. The highest BCUT2D eigenvalue weighted by molar-refractivity contribution is 5.96. The van der Waals surface area contributed by atoms with Crippen molar-refractivity contribution in [2.24, 2.45) is 0 Å². The maximum absolute atomic E-state index is 10.8. The van der Waals surface area contributed by atoms with Crippen molar-refractivity contribution >= 4 is 34.4 Å². The first-order valence-corrected chi connectivity index (χ1v) is 18.9. The molecule has 0 N–H and O–H groups in total. The van der Waals surface area contributed by atoms with Crippen molar-refractivity contribution in [1.82, 2.24) is 9.13 Å². The van der Waals surface area contributed by atoms with Crippen molar-refractivity contribution < 1.29 is 28.6 Å². The lowest BCUT2D eigenvalue weighted by Gasteiger charge is -2.26. The number of ether oxygens (including phenoxy) is 3. The number of hydrogen-bond acceptors (Lipinski definition) is 6. The van der Waals surface area contributed by atoms with Crippen molar-refractivity contribution in [3.8, 4) is 39.8 Å². The quantitative estimate of drug-likeness (QED) is 0.169. The minimum atomic E-state index is 0.250. The summed E-state index contributed by atoms with van der Waals surface area (Å²) in [4.78, 5) is 27.0. The summed E-state index contributed by atoms with van der Waals surface area (Å²) >= 11 is 0. The van der Waals surface area contributed by atoms with Crippen LogP contribution in [0.1, 0.15) is 92.7 Å². The second kappa shape index (κ2) is 15.2. The standard InChI is InChI=1S/C22H21NO3.C22H23NO.CO2/c24-14-26-16-10-11-17-19(12-16)23-13-25-20-9-5-4-8-18(20)22(23)21(17)15-6-2-1-3-7-15;1-15-11-12-17-19(13-15)23-14-24-20-10-6-5-9-18(20)22(23)21(17)16-7-3-2-4-8-16;2-1-3/h4-5,8-12,14-15H,1-3,6-7,13H2;5-6,9-13,16H,2-4,7-8,14H2,1H3;. The summed E-state index contributed by atoms with van der Waals surface area (Å²) in [5, 5.41) is 2.69. The van der Waals surface area contributed by atoms with Gasteiger partial charge in [0.05, 0.1) is 22.4 Å². The molecule has 2 fully saturated rings. The normalized spacial score (nSPS) is 16.2. The minimum Gasteiger partial charge on any atom is -0.472 e. The Balaban J connectivity index is 0.000000141. The minimum absolute atomic E-state index is 0.250. The van der Waals surface area contributed by atoms with E-state index in [2.05, 4.69) is 76.7 Å². The van der Waals surface area contributed by atoms with Gasteiger partial charge in [0, 0.05) is 28.0 Å². The Kier molecular flexibility index (Phi) is 9.88. The molecule has 2 aliphatic heterocycles. The van der Waals surface area contributed by atoms with Gasteiger partial charge >= 0.3 is 6.15 Å². The zero-order valence-corrected chi connectivity index (χ0v) is 30.1. The van der Waals surface area contributed by atoms with Gasteiger partial charge in [0.25, 0.3) is 6.47 Å². The predicted molar refractivity (Wildman–Crippen MR) is 204 cm³/mol. The van der Waals surface area contributed by atoms with E-state index in [1.165, 1.54) is 109 Å². The summed E-state index contributed by atoms with van der Waals surface area (Å²) in [7, 11) is 0. The van der Waals surface area contributed by atoms with Crippen LogP contribution in [-0.4, -0.2) is 21.8 Å². The Hall–Kier alpha value is -5.59. The third kappa shape index (κ3) is 6.42.